The zero-order valence-electron chi connectivity index (χ0n) is 14.7. The third-order valence-electron chi connectivity index (χ3n) is 4.39. The van der Waals surface area contributed by atoms with Gasteiger partial charge in [0.05, 0.1) is 6.54 Å². The van der Waals surface area contributed by atoms with E-state index in [4.69, 9.17) is 16.2 Å². The largest absolute Gasteiger partial charge is 0.340 e. The molecule has 1 amide bonds. The maximum absolute atomic E-state index is 12.8. The molecule has 26 heavy (non-hydrogen) atoms. The fourth-order valence-corrected chi connectivity index (χ4v) is 3.07. The minimum absolute atomic E-state index is 0.0150. The van der Waals surface area contributed by atoms with Gasteiger partial charge < -0.3 is 4.90 Å². The summed E-state index contributed by atoms with van der Waals surface area (Å²) in [7, 11) is 1.76. The number of rotatable bonds is 6. The van der Waals surface area contributed by atoms with Crippen molar-refractivity contribution < 1.29 is 9.42 Å². The summed E-state index contributed by atoms with van der Waals surface area (Å²) in [5.74, 6) is -0.0531. The number of nitrogens with zero attached hydrogens (tertiary/aromatic N) is 3. The number of benzene rings is 2. The summed E-state index contributed by atoms with van der Waals surface area (Å²) in [6, 6.07) is 17.6. The van der Waals surface area contributed by atoms with Crippen molar-refractivity contribution in [1.82, 2.24) is 15.2 Å². The summed E-state index contributed by atoms with van der Waals surface area (Å²) in [6.07, 6.45) is 0.338. The van der Waals surface area contributed by atoms with Crippen LogP contribution in [0.1, 0.15) is 34.9 Å². The van der Waals surface area contributed by atoms with Crippen LogP contribution in [-0.2, 0) is 11.3 Å². The van der Waals surface area contributed by atoms with Crippen LogP contribution in [0.4, 0.5) is 0 Å². The molecule has 5 nitrogen and oxygen atoms in total. The summed E-state index contributed by atoms with van der Waals surface area (Å²) < 4.78 is 4.71. The third-order valence-corrected chi connectivity index (χ3v) is 4.63. The number of aryl methyl sites for hydroxylation is 1. The fourth-order valence-electron chi connectivity index (χ4n) is 2.87. The number of hydrogen-bond acceptors (Lipinski definition) is 4. The number of hydrogen-bond donors (Lipinski definition) is 0. The van der Waals surface area contributed by atoms with E-state index < -0.39 is 0 Å². The van der Waals surface area contributed by atoms with Gasteiger partial charge in [0, 0.05) is 24.4 Å². The Hall–Kier alpha value is -2.66. The molecule has 0 unspecified atom stereocenters. The molecule has 0 bridgehead atoms. The zero-order valence-corrected chi connectivity index (χ0v) is 15.5. The molecule has 0 aliphatic rings. The Morgan fingerprint density at radius 2 is 1.85 bits per heavy atom. The molecule has 2 aromatic carbocycles. The lowest BCUT2D eigenvalue weighted by Gasteiger charge is -2.22. The predicted molar refractivity (Wildman–Crippen MR) is 99.9 cm³/mol. The third kappa shape index (κ3) is 4.29. The maximum atomic E-state index is 12.8. The Morgan fingerprint density at radius 1 is 1.12 bits per heavy atom. The molecular formula is C20H20ClN3O2. The van der Waals surface area contributed by atoms with Crippen molar-refractivity contribution in [2.45, 2.75) is 25.8 Å². The number of amides is 1. The van der Waals surface area contributed by atoms with E-state index in [0.717, 1.165) is 11.1 Å². The van der Waals surface area contributed by atoms with E-state index in [1.807, 2.05) is 61.5 Å². The highest BCUT2D eigenvalue weighted by atomic mass is 35.5. The first kappa shape index (κ1) is 18.1. The highest BCUT2D eigenvalue weighted by molar-refractivity contribution is 6.30. The average molecular weight is 370 g/mol. The Labute approximate surface area is 157 Å². The smallest absolute Gasteiger partial charge is 0.223 e. The van der Waals surface area contributed by atoms with Crippen LogP contribution in [0.5, 0.6) is 0 Å². The first-order valence-electron chi connectivity index (χ1n) is 8.37. The number of carbonyl (C=O) groups is 1. The molecule has 0 fully saturated rings. The Morgan fingerprint density at radius 3 is 2.50 bits per heavy atom. The fraction of sp³-hybridized carbons (Fsp3) is 0.250. The van der Waals surface area contributed by atoms with Gasteiger partial charge in [-0.15, -0.1) is 0 Å². The van der Waals surface area contributed by atoms with Crippen molar-refractivity contribution in [2.24, 2.45) is 0 Å². The molecular weight excluding hydrogens is 350 g/mol. The van der Waals surface area contributed by atoms with Gasteiger partial charge in [-0.05, 0) is 30.2 Å². The normalized spacial score (nSPS) is 12.0. The van der Waals surface area contributed by atoms with Gasteiger partial charge in [0.2, 0.25) is 5.91 Å². The van der Waals surface area contributed by atoms with Crippen molar-refractivity contribution in [2.75, 3.05) is 7.05 Å². The SMILES string of the molecule is Cc1nonc1CN(C)C(=O)C[C@H](c1ccccc1)c1cccc(Cl)c1. The first-order valence-corrected chi connectivity index (χ1v) is 8.75. The van der Waals surface area contributed by atoms with E-state index in [9.17, 15) is 4.79 Å². The van der Waals surface area contributed by atoms with Gasteiger partial charge in [-0.3, -0.25) is 4.79 Å². The van der Waals surface area contributed by atoms with E-state index >= 15 is 0 Å². The molecule has 1 atom stereocenters. The van der Waals surface area contributed by atoms with Gasteiger partial charge in [-0.1, -0.05) is 64.4 Å². The van der Waals surface area contributed by atoms with Crippen LogP contribution in [0.3, 0.4) is 0 Å². The van der Waals surface area contributed by atoms with Gasteiger partial charge >= 0.3 is 0 Å². The second-order valence-electron chi connectivity index (χ2n) is 6.27. The van der Waals surface area contributed by atoms with Crippen molar-refractivity contribution in [3.05, 3.63) is 82.1 Å². The molecule has 0 saturated carbocycles. The van der Waals surface area contributed by atoms with Crippen molar-refractivity contribution in [3.63, 3.8) is 0 Å². The molecule has 134 valence electrons. The standard InChI is InChI=1S/C20H20ClN3O2/c1-14-19(23-26-22-14)13-24(2)20(25)12-18(15-7-4-3-5-8-15)16-9-6-10-17(21)11-16/h3-11,18H,12-13H2,1-2H3/t18-/m1/s1. The molecule has 1 heterocycles. The number of aromatic nitrogens is 2. The highest BCUT2D eigenvalue weighted by Gasteiger charge is 2.22. The topological polar surface area (TPSA) is 59.2 Å². The van der Waals surface area contributed by atoms with Crippen molar-refractivity contribution in [3.8, 4) is 0 Å². The van der Waals surface area contributed by atoms with Gasteiger partial charge in [0.25, 0.3) is 0 Å². The van der Waals surface area contributed by atoms with Gasteiger partial charge in [0.1, 0.15) is 11.4 Å². The summed E-state index contributed by atoms with van der Waals surface area (Å²) >= 11 is 6.17. The predicted octanol–water partition coefficient (Wildman–Crippen LogP) is 4.21. The van der Waals surface area contributed by atoms with Gasteiger partial charge in [-0.25, -0.2) is 4.63 Å². The second-order valence-corrected chi connectivity index (χ2v) is 6.70. The highest BCUT2D eigenvalue weighted by Crippen LogP contribution is 2.30. The van der Waals surface area contributed by atoms with E-state index in [0.29, 0.717) is 29.4 Å². The number of halogens is 1. The maximum Gasteiger partial charge on any atom is 0.223 e. The monoisotopic (exact) mass is 369 g/mol. The number of carbonyl (C=O) groups excluding carboxylic acids is 1. The summed E-state index contributed by atoms with van der Waals surface area (Å²) in [5.41, 5.74) is 3.46. The van der Waals surface area contributed by atoms with Crippen LogP contribution < -0.4 is 0 Å². The Balaban J connectivity index is 1.81. The summed E-state index contributed by atoms with van der Waals surface area (Å²) in [4.78, 5) is 14.5. The van der Waals surface area contributed by atoms with Crippen molar-refractivity contribution in [1.29, 1.82) is 0 Å². The molecule has 3 rings (SSSR count). The average Bonchev–Trinajstić information content (AvgIpc) is 3.05. The van der Waals surface area contributed by atoms with E-state index in [1.54, 1.807) is 11.9 Å². The lowest BCUT2D eigenvalue weighted by atomic mass is 9.88. The molecule has 0 aliphatic carbocycles. The van der Waals surface area contributed by atoms with Crippen LogP contribution in [0.25, 0.3) is 0 Å². The molecule has 0 saturated heterocycles. The van der Waals surface area contributed by atoms with Gasteiger partial charge in [-0.2, -0.15) is 0 Å². The lowest BCUT2D eigenvalue weighted by Crippen LogP contribution is -2.28. The van der Waals surface area contributed by atoms with Crippen LogP contribution in [0.2, 0.25) is 5.02 Å². The molecule has 6 heteroatoms. The van der Waals surface area contributed by atoms with Gasteiger partial charge in [0.15, 0.2) is 0 Å². The van der Waals surface area contributed by atoms with Crippen LogP contribution in [0.15, 0.2) is 59.2 Å². The minimum Gasteiger partial charge on any atom is -0.340 e. The zero-order chi connectivity index (χ0) is 18.5. The van der Waals surface area contributed by atoms with Crippen molar-refractivity contribution >= 4 is 17.5 Å². The lowest BCUT2D eigenvalue weighted by molar-refractivity contribution is -0.130. The van der Waals surface area contributed by atoms with E-state index in [2.05, 4.69) is 10.3 Å². The Bertz CT molecular complexity index is 880. The summed E-state index contributed by atoms with van der Waals surface area (Å²) in [5, 5.41) is 8.26. The van der Waals surface area contributed by atoms with E-state index in [-0.39, 0.29) is 11.8 Å². The van der Waals surface area contributed by atoms with Crippen LogP contribution in [-0.4, -0.2) is 28.2 Å². The molecule has 3 aromatic rings. The molecule has 0 aliphatic heterocycles. The van der Waals surface area contributed by atoms with Crippen LogP contribution >= 0.6 is 11.6 Å². The van der Waals surface area contributed by atoms with Crippen LogP contribution in [0, 0.1) is 6.92 Å². The molecule has 1 aromatic heterocycles. The summed E-state index contributed by atoms with van der Waals surface area (Å²) in [6.45, 7) is 2.17. The molecule has 0 radical (unpaired) electrons. The minimum atomic E-state index is -0.0682. The molecule has 0 N–H and O–H groups in total. The second kappa shape index (κ2) is 8.15. The van der Waals surface area contributed by atoms with E-state index in [1.165, 1.54) is 0 Å². The first-order chi connectivity index (χ1) is 12.5. The quantitative estimate of drug-likeness (QED) is 0.653. The molecule has 0 spiro atoms. The Kier molecular flexibility index (Phi) is 5.68.